The number of anilines is 3. The van der Waals surface area contributed by atoms with Crippen molar-refractivity contribution in [1.29, 1.82) is 0 Å². The number of aromatic nitrogens is 2. The van der Waals surface area contributed by atoms with Gasteiger partial charge in [-0.3, -0.25) is 9.69 Å². The molecule has 6 heteroatoms. The summed E-state index contributed by atoms with van der Waals surface area (Å²) in [6.07, 6.45) is 1.59. The number of benzene rings is 1. The van der Waals surface area contributed by atoms with Crippen LogP contribution in [-0.4, -0.2) is 33.6 Å². The van der Waals surface area contributed by atoms with Crippen LogP contribution in [0.2, 0.25) is 0 Å². The van der Waals surface area contributed by atoms with Gasteiger partial charge >= 0.3 is 0 Å². The second-order valence-electron chi connectivity index (χ2n) is 8.52. The molecule has 0 aliphatic carbocycles. The first-order valence-electron chi connectivity index (χ1n) is 10.9. The van der Waals surface area contributed by atoms with E-state index in [1.54, 1.807) is 11.8 Å². The molecule has 1 unspecified atom stereocenters. The molecule has 0 saturated heterocycles. The van der Waals surface area contributed by atoms with E-state index in [1.807, 2.05) is 6.92 Å². The predicted molar refractivity (Wildman–Crippen MR) is 122 cm³/mol. The number of hydrogen-bond acceptors (Lipinski definition) is 5. The van der Waals surface area contributed by atoms with Crippen molar-refractivity contribution in [1.82, 2.24) is 9.97 Å². The maximum absolute atomic E-state index is 13.2. The summed E-state index contributed by atoms with van der Waals surface area (Å²) < 4.78 is 0. The highest BCUT2D eigenvalue weighted by atomic mass is 16.3. The average molecular weight is 411 g/mol. The zero-order valence-corrected chi connectivity index (χ0v) is 19.5. The maximum atomic E-state index is 13.2. The summed E-state index contributed by atoms with van der Waals surface area (Å²) in [5, 5.41) is 11.0. The molecule has 1 amide bonds. The van der Waals surface area contributed by atoms with Crippen LogP contribution >= 0.6 is 0 Å². The van der Waals surface area contributed by atoms with Gasteiger partial charge in [-0.15, -0.1) is 0 Å². The monoisotopic (exact) mass is 410 g/mol. The molecule has 0 fully saturated rings. The number of amides is 1. The van der Waals surface area contributed by atoms with Crippen LogP contribution in [0.15, 0.2) is 12.1 Å². The fraction of sp³-hybridized carbons (Fsp3) is 0.542. The molecule has 0 saturated carbocycles. The van der Waals surface area contributed by atoms with Crippen LogP contribution in [0.3, 0.4) is 0 Å². The quantitative estimate of drug-likeness (QED) is 0.753. The third-order valence-corrected chi connectivity index (χ3v) is 6.18. The second kappa shape index (κ2) is 7.99. The highest BCUT2D eigenvalue weighted by Crippen LogP contribution is 2.44. The van der Waals surface area contributed by atoms with Crippen LogP contribution in [0.4, 0.5) is 17.5 Å². The minimum absolute atomic E-state index is 0.00898. The Bertz CT molecular complexity index is 956. The fourth-order valence-electron chi connectivity index (χ4n) is 4.84. The van der Waals surface area contributed by atoms with Crippen LogP contribution in [0.25, 0.3) is 0 Å². The Morgan fingerprint density at radius 2 is 1.63 bits per heavy atom. The molecule has 1 aliphatic rings. The molecular weight excluding hydrogens is 376 g/mol. The lowest BCUT2D eigenvalue weighted by atomic mass is 9.98. The molecule has 162 valence electrons. The Morgan fingerprint density at radius 3 is 2.13 bits per heavy atom. The van der Waals surface area contributed by atoms with Crippen molar-refractivity contribution in [3.8, 4) is 0 Å². The standard InChI is InChI=1S/C24H34N4O2/c1-9-18(10-2)28-21-19(24(8,30)22(28)29)17(7)25-23(26-21)27(11-3)20-15(5)12-14(4)13-16(20)6/h12-13,18,30H,9-11H2,1-8H3. The van der Waals surface area contributed by atoms with Crippen molar-refractivity contribution in [2.45, 2.75) is 79.9 Å². The van der Waals surface area contributed by atoms with Gasteiger partial charge in [0.15, 0.2) is 5.60 Å². The number of aryl methyl sites for hydroxylation is 4. The van der Waals surface area contributed by atoms with E-state index in [0.717, 1.165) is 29.7 Å². The molecule has 2 heterocycles. The smallest absolute Gasteiger partial charge is 0.264 e. The second-order valence-corrected chi connectivity index (χ2v) is 8.52. The van der Waals surface area contributed by atoms with E-state index in [9.17, 15) is 9.90 Å². The van der Waals surface area contributed by atoms with Crippen LogP contribution in [0.5, 0.6) is 0 Å². The first-order chi connectivity index (χ1) is 14.1. The van der Waals surface area contributed by atoms with Crippen molar-refractivity contribution in [3.05, 3.63) is 40.1 Å². The highest BCUT2D eigenvalue weighted by molar-refractivity contribution is 6.06. The largest absolute Gasteiger partial charge is 0.375 e. The molecule has 3 rings (SSSR count). The van der Waals surface area contributed by atoms with E-state index in [4.69, 9.17) is 9.97 Å². The van der Waals surface area contributed by atoms with Crippen LogP contribution in [-0.2, 0) is 10.4 Å². The molecule has 1 aromatic heterocycles. The van der Waals surface area contributed by atoms with Crippen LogP contribution < -0.4 is 9.80 Å². The molecule has 0 spiro atoms. The first kappa shape index (κ1) is 22.2. The molecule has 0 radical (unpaired) electrons. The molecule has 2 aromatic rings. The highest BCUT2D eigenvalue weighted by Gasteiger charge is 2.50. The van der Waals surface area contributed by atoms with Gasteiger partial charge in [-0.05, 0) is 65.5 Å². The van der Waals surface area contributed by atoms with Crippen molar-refractivity contribution < 1.29 is 9.90 Å². The minimum Gasteiger partial charge on any atom is -0.375 e. The van der Waals surface area contributed by atoms with Gasteiger partial charge in [-0.25, -0.2) is 4.98 Å². The van der Waals surface area contributed by atoms with Gasteiger partial charge in [-0.2, -0.15) is 4.98 Å². The molecule has 1 aliphatic heterocycles. The van der Waals surface area contributed by atoms with Gasteiger partial charge in [0, 0.05) is 18.3 Å². The van der Waals surface area contributed by atoms with Gasteiger partial charge in [0.05, 0.1) is 11.3 Å². The number of nitrogens with zero attached hydrogens (tertiary/aromatic N) is 4. The number of carbonyl (C=O) groups excluding carboxylic acids is 1. The minimum atomic E-state index is -1.60. The maximum Gasteiger partial charge on any atom is 0.264 e. The molecule has 1 aromatic carbocycles. The van der Waals surface area contributed by atoms with E-state index in [0.29, 0.717) is 29.6 Å². The number of aliphatic hydroxyl groups is 1. The molecular formula is C24H34N4O2. The van der Waals surface area contributed by atoms with Gasteiger partial charge in [0.2, 0.25) is 5.95 Å². The summed E-state index contributed by atoms with van der Waals surface area (Å²) in [7, 11) is 0. The van der Waals surface area contributed by atoms with E-state index in [-0.39, 0.29) is 11.9 Å². The van der Waals surface area contributed by atoms with Crippen LogP contribution in [0, 0.1) is 27.7 Å². The summed E-state index contributed by atoms with van der Waals surface area (Å²) >= 11 is 0. The Labute approximate surface area is 180 Å². The fourth-order valence-corrected chi connectivity index (χ4v) is 4.84. The normalized spacial score (nSPS) is 18.3. The molecule has 1 N–H and O–H groups in total. The zero-order valence-electron chi connectivity index (χ0n) is 19.5. The summed E-state index contributed by atoms with van der Waals surface area (Å²) in [5.41, 5.74) is 4.20. The van der Waals surface area contributed by atoms with Gasteiger partial charge in [-0.1, -0.05) is 31.5 Å². The predicted octanol–water partition coefficient (Wildman–Crippen LogP) is 4.61. The first-order valence-corrected chi connectivity index (χ1v) is 10.9. The SMILES string of the molecule is CCC(CC)N1C(=O)C(C)(O)c2c(C)nc(N(CC)c3c(C)cc(C)cc3C)nc21. The van der Waals surface area contributed by atoms with Crippen molar-refractivity contribution >= 4 is 23.4 Å². The van der Waals surface area contributed by atoms with Gasteiger partial charge in [0.25, 0.3) is 5.91 Å². The lowest BCUT2D eigenvalue weighted by molar-refractivity contribution is -0.134. The summed E-state index contributed by atoms with van der Waals surface area (Å²) in [6.45, 7) is 16.6. The lowest BCUT2D eigenvalue weighted by Crippen LogP contribution is -2.43. The zero-order chi connectivity index (χ0) is 22.4. The number of fused-ring (bicyclic) bond motifs is 1. The topological polar surface area (TPSA) is 69.6 Å². The van der Waals surface area contributed by atoms with Crippen molar-refractivity contribution in [2.24, 2.45) is 0 Å². The van der Waals surface area contributed by atoms with Crippen molar-refractivity contribution in [3.63, 3.8) is 0 Å². The average Bonchev–Trinajstić information content (AvgIpc) is 2.86. The Kier molecular flexibility index (Phi) is 5.92. The molecule has 6 nitrogen and oxygen atoms in total. The third-order valence-electron chi connectivity index (χ3n) is 6.18. The molecule has 30 heavy (non-hydrogen) atoms. The number of carbonyl (C=O) groups is 1. The van der Waals surface area contributed by atoms with E-state index >= 15 is 0 Å². The molecule has 1 atom stereocenters. The summed E-state index contributed by atoms with van der Waals surface area (Å²) in [6, 6.07) is 4.32. The lowest BCUT2D eigenvalue weighted by Gasteiger charge is -2.29. The Morgan fingerprint density at radius 1 is 1.07 bits per heavy atom. The van der Waals surface area contributed by atoms with E-state index in [2.05, 4.69) is 58.6 Å². The number of rotatable bonds is 6. The Hall–Kier alpha value is -2.47. The molecule has 0 bridgehead atoms. The Balaban J connectivity index is 2.23. The van der Waals surface area contributed by atoms with E-state index in [1.165, 1.54) is 5.56 Å². The van der Waals surface area contributed by atoms with Crippen molar-refractivity contribution in [2.75, 3.05) is 16.3 Å². The number of hydrogen-bond donors (Lipinski definition) is 1. The summed E-state index contributed by atoms with van der Waals surface area (Å²) in [4.78, 5) is 26.6. The van der Waals surface area contributed by atoms with Gasteiger partial charge in [0.1, 0.15) is 5.82 Å². The van der Waals surface area contributed by atoms with Gasteiger partial charge < -0.3 is 10.0 Å². The van der Waals surface area contributed by atoms with Crippen LogP contribution in [0.1, 0.15) is 68.5 Å². The third kappa shape index (κ3) is 3.37. The summed E-state index contributed by atoms with van der Waals surface area (Å²) in [5.74, 6) is 0.791. The van der Waals surface area contributed by atoms with E-state index < -0.39 is 5.60 Å².